The molecular weight excluding hydrogens is 300 g/mol. The molecule has 0 heterocycles. The van der Waals surface area contributed by atoms with Crippen LogP contribution >= 0.6 is 0 Å². The van der Waals surface area contributed by atoms with Gasteiger partial charge in [-0.15, -0.1) is 0 Å². The fourth-order valence-electron chi connectivity index (χ4n) is 2.87. The maximum absolute atomic E-state index is 12.0. The fourth-order valence-corrected chi connectivity index (χ4v) is 2.87. The van der Waals surface area contributed by atoms with Crippen LogP contribution in [0.4, 0.5) is 0 Å². The number of ether oxygens (including phenoxy) is 1. The Bertz CT molecular complexity index is 516. The van der Waals surface area contributed by atoms with Gasteiger partial charge in [0.2, 0.25) is 0 Å². The van der Waals surface area contributed by atoms with Gasteiger partial charge >= 0.3 is 0 Å². The predicted octanol–water partition coefficient (Wildman–Crippen LogP) is 3.73. The van der Waals surface area contributed by atoms with Gasteiger partial charge in [-0.25, -0.2) is 0 Å². The second kappa shape index (κ2) is 9.67. The number of nitrogens with one attached hydrogen (secondary N) is 1. The lowest BCUT2D eigenvalue weighted by molar-refractivity contribution is -0.123. The molecule has 4 nitrogen and oxygen atoms in total. The summed E-state index contributed by atoms with van der Waals surface area (Å²) in [7, 11) is 0. The summed E-state index contributed by atoms with van der Waals surface area (Å²) in [5, 5.41) is 2.95. The van der Waals surface area contributed by atoms with Gasteiger partial charge in [-0.1, -0.05) is 26.0 Å². The van der Waals surface area contributed by atoms with E-state index in [1.165, 1.54) is 0 Å². The molecule has 24 heavy (non-hydrogen) atoms. The number of rotatable bonds is 9. The van der Waals surface area contributed by atoms with Gasteiger partial charge in [-0.3, -0.25) is 9.69 Å². The second-order valence-corrected chi connectivity index (χ2v) is 7.26. The van der Waals surface area contributed by atoms with Crippen molar-refractivity contribution in [1.82, 2.24) is 10.2 Å². The summed E-state index contributed by atoms with van der Waals surface area (Å²) in [6.45, 7) is 16.6. The Morgan fingerprint density at radius 2 is 1.75 bits per heavy atom. The van der Waals surface area contributed by atoms with Crippen molar-refractivity contribution in [3.63, 3.8) is 0 Å². The SMILES string of the molecule is Cc1ccc(C(C)C)c(OCC(=O)NCCN(C(C)C)C(C)C)c1. The number of hydrogen-bond donors (Lipinski definition) is 1. The van der Waals surface area contributed by atoms with Gasteiger partial charge < -0.3 is 10.1 Å². The van der Waals surface area contributed by atoms with Crippen molar-refractivity contribution in [3.8, 4) is 5.75 Å². The van der Waals surface area contributed by atoms with E-state index in [1.54, 1.807) is 0 Å². The number of benzene rings is 1. The van der Waals surface area contributed by atoms with E-state index in [0.717, 1.165) is 23.4 Å². The maximum atomic E-state index is 12.0. The largest absolute Gasteiger partial charge is 0.483 e. The zero-order chi connectivity index (χ0) is 18.3. The summed E-state index contributed by atoms with van der Waals surface area (Å²) in [6.07, 6.45) is 0. The van der Waals surface area contributed by atoms with Crippen LogP contribution < -0.4 is 10.1 Å². The Labute approximate surface area is 147 Å². The van der Waals surface area contributed by atoms with Crippen LogP contribution in [0.15, 0.2) is 18.2 Å². The minimum absolute atomic E-state index is 0.0620. The first-order chi connectivity index (χ1) is 11.2. The number of hydrogen-bond acceptors (Lipinski definition) is 3. The van der Waals surface area contributed by atoms with Crippen LogP contribution in [-0.4, -0.2) is 42.6 Å². The molecule has 1 amide bonds. The van der Waals surface area contributed by atoms with E-state index >= 15 is 0 Å². The van der Waals surface area contributed by atoms with Crippen LogP contribution in [0.1, 0.15) is 58.6 Å². The van der Waals surface area contributed by atoms with Crippen molar-refractivity contribution in [2.75, 3.05) is 19.7 Å². The molecule has 0 aliphatic rings. The Kier molecular flexibility index (Phi) is 8.26. The monoisotopic (exact) mass is 334 g/mol. The molecule has 136 valence electrons. The summed E-state index contributed by atoms with van der Waals surface area (Å²) in [4.78, 5) is 14.4. The number of aryl methyl sites for hydroxylation is 1. The van der Waals surface area contributed by atoms with Crippen LogP contribution in [0.5, 0.6) is 5.75 Å². The van der Waals surface area contributed by atoms with E-state index in [0.29, 0.717) is 24.5 Å². The van der Waals surface area contributed by atoms with Crippen LogP contribution in [0, 0.1) is 6.92 Å². The molecule has 0 aliphatic heterocycles. The third kappa shape index (κ3) is 6.52. The highest BCUT2D eigenvalue weighted by Crippen LogP contribution is 2.27. The van der Waals surface area contributed by atoms with E-state index < -0.39 is 0 Å². The van der Waals surface area contributed by atoms with E-state index in [1.807, 2.05) is 13.0 Å². The number of nitrogens with zero attached hydrogens (tertiary/aromatic N) is 1. The van der Waals surface area contributed by atoms with E-state index in [-0.39, 0.29) is 12.5 Å². The molecule has 0 aromatic heterocycles. The molecule has 1 aromatic rings. The highest BCUT2D eigenvalue weighted by molar-refractivity contribution is 5.77. The molecule has 0 aliphatic carbocycles. The van der Waals surface area contributed by atoms with E-state index in [9.17, 15) is 4.79 Å². The number of carbonyl (C=O) groups is 1. The van der Waals surface area contributed by atoms with Gasteiger partial charge in [-0.05, 0) is 57.7 Å². The molecule has 1 rings (SSSR count). The van der Waals surface area contributed by atoms with Crippen LogP contribution in [0.25, 0.3) is 0 Å². The summed E-state index contributed by atoms with van der Waals surface area (Å²) < 4.78 is 5.77. The van der Waals surface area contributed by atoms with Gasteiger partial charge in [0.1, 0.15) is 5.75 Å². The molecule has 0 bridgehead atoms. The molecule has 0 saturated carbocycles. The van der Waals surface area contributed by atoms with Crippen LogP contribution in [0.3, 0.4) is 0 Å². The Balaban J connectivity index is 2.48. The second-order valence-electron chi connectivity index (χ2n) is 7.26. The quantitative estimate of drug-likeness (QED) is 0.748. The number of carbonyl (C=O) groups excluding carboxylic acids is 1. The minimum atomic E-state index is -0.0707. The molecular formula is C20H34N2O2. The van der Waals surface area contributed by atoms with Crippen LogP contribution in [0.2, 0.25) is 0 Å². The molecule has 1 aromatic carbocycles. The molecule has 0 spiro atoms. The highest BCUT2D eigenvalue weighted by Gasteiger charge is 2.14. The van der Waals surface area contributed by atoms with Gasteiger partial charge in [0.25, 0.3) is 5.91 Å². The summed E-state index contributed by atoms with van der Waals surface area (Å²) in [5.41, 5.74) is 2.28. The summed E-state index contributed by atoms with van der Waals surface area (Å²) in [6, 6.07) is 7.10. The Morgan fingerprint density at radius 3 is 2.29 bits per heavy atom. The van der Waals surface area contributed by atoms with E-state index in [4.69, 9.17) is 4.74 Å². The summed E-state index contributed by atoms with van der Waals surface area (Å²) in [5.74, 6) is 1.11. The Hall–Kier alpha value is -1.55. The topological polar surface area (TPSA) is 41.6 Å². The lowest BCUT2D eigenvalue weighted by Crippen LogP contribution is -2.43. The lowest BCUT2D eigenvalue weighted by atomic mass is 10.0. The zero-order valence-corrected chi connectivity index (χ0v) is 16.3. The first-order valence-corrected chi connectivity index (χ1v) is 8.98. The smallest absolute Gasteiger partial charge is 0.257 e. The predicted molar refractivity (Wildman–Crippen MR) is 101 cm³/mol. The third-order valence-electron chi connectivity index (χ3n) is 4.17. The van der Waals surface area contributed by atoms with Crippen molar-refractivity contribution < 1.29 is 9.53 Å². The molecule has 0 unspecified atom stereocenters. The molecule has 0 atom stereocenters. The first kappa shape index (κ1) is 20.5. The van der Waals surface area contributed by atoms with E-state index in [2.05, 4.69) is 63.9 Å². The summed E-state index contributed by atoms with van der Waals surface area (Å²) >= 11 is 0. The maximum Gasteiger partial charge on any atom is 0.257 e. The fraction of sp³-hybridized carbons (Fsp3) is 0.650. The van der Waals surface area contributed by atoms with Crippen molar-refractivity contribution in [2.24, 2.45) is 0 Å². The number of amides is 1. The molecule has 4 heteroatoms. The highest BCUT2D eigenvalue weighted by atomic mass is 16.5. The third-order valence-corrected chi connectivity index (χ3v) is 4.17. The van der Waals surface area contributed by atoms with Crippen molar-refractivity contribution in [1.29, 1.82) is 0 Å². The zero-order valence-electron chi connectivity index (χ0n) is 16.3. The average Bonchev–Trinajstić information content (AvgIpc) is 2.48. The standard InChI is InChI=1S/C20H34N2O2/c1-14(2)18-9-8-17(7)12-19(18)24-13-20(23)21-10-11-22(15(3)4)16(5)6/h8-9,12,14-16H,10-11,13H2,1-7H3,(H,21,23). The van der Waals surface area contributed by atoms with Gasteiger partial charge in [-0.2, -0.15) is 0 Å². The lowest BCUT2D eigenvalue weighted by Gasteiger charge is -2.30. The van der Waals surface area contributed by atoms with Crippen molar-refractivity contribution in [2.45, 2.75) is 66.5 Å². The van der Waals surface area contributed by atoms with Crippen LogP contribution in [-0.2, 0) is 4.79 Å². The van der Waals surface area contributed by atoms with Gasteiger partial charge in [0, 0.05) is 25.2 Å². The molecule has 0 radical (unpaired) electrons. The van der Waals surface area contributed by atoms with Gasteiger partial charge in [0.15, 0.2) is 6.61 Å². The molecule has 0 fully saturated rings. The average molecular weight is 335 g/mol. The Morgan fingerprint density at radius 1 is 1.12 bits per heavy atom. The minimum Gasteiger partial charge on any atom is -0.483 e. The molecule has 0 saturated heterocycles. The first-order valence-electron chi connectivity index (χ1n) is 8.98. The van der Waals surface area contributed by atoms with Gasteiger partial charge in [0.05, 0.1) is 0 Å². The van der Waals surface area contributed by atoms with Crippen molar-refractivity contribution in [3.05, 3.63) is 29.3 Å². The normalized spacial score (nSPS) is 11.6. The molecule has 1 N–H and O–H groups in total. The van der Waals surface area contributed by atoms with Crippen molar-refractivity contribution >= 4 is 5.91 Å².